The molecule has 112 valence electrons. The zero-order valence-corrected chi connectivity index (χ0v) is 12.2. The number of aliphatic hydroxyl groups is 1. The average molecular weight is 303 g/mol. The molecular weight excluding hydrogens is 286 g/mol. The zero-order chi connectivity index (χ0) is 15.7. The van der Waals surface area contributed by atoms with Crippen LogP contribution in [0.3, 0.4) is 0 Å². The molecule has 0 heterocycles. The second-order valence-electron chi connectivity index (χ2n) is 4.89. The van der Waals surface area contributed by atoms with Crippen molar-refractivity contribution >= 4 is 21.4 Å². The topological polar surface area (TPSA) is 127 Å². The van der Waals surface area contributed by atoms with Gasteiger partial charge in [-0.1, -0.05) is 6.07 Å². The Morgan fingerprint density at radius 1 is 1.45 bits per heavy atom. The largest absolute Gasteiger partial charge is 0.394 e. The van der Waals surface area contributed by atoms with Crippen LogP contribution in [0.15, 0.2) is 23.1 Å². The molecule has 20 heavy (non-hydrogen) atoms. The fourth-order valence-electron chi connectivity index (χ4n) is 1.52. The summed E-state index contributed by atoms with van der Waals surface area (Å²) in [5.74, 6) is 0. The lowest BCUT2D eigenvalue weighted by molar-refractivity contribution is -0.386. The Bertz CT molecular complexity index is 627. The van der Waals surface area contributed by atoms with Crippen LogP contribution < -0.4 is 5.73 Å². The molecule has 0 bridgehead atoms. The van der Waals surface area contributed by atoms with E-state index < -0.39 is 37.7 Å². The molecule has 0 aliphatic carbocycles. The first-order valence-electron chi connectivity index (χ1n) is 5.68. The van der Waals surface area contributed by atoms with Crippen LogP contribution in [0, 0.1) is 10.1 Å². The van der Waals surface area contributed by atoms with Crippen LogP contribution in [0.5, 0.6) is 0 Å². The Balaban J connectivity index is 3.52. The molecule has 0 amide bonds. The van der Waals surface area contributed by atoms with Crippen molar-refractivity contribution in [2.75, 3.05) is 19.4 Å². The summed E-state index contributed by atoms with van der Waals surface area (Å²) >= 11 is 0. The maximum absolute atomic E-state index is 12.5. The standard InChI is InChI=1S/C11H17N3O5S/c1-11(2,7-15)13(3)20(18,19)9-6-4-5-8(12)10(9)14(16)17/h4-6,15H,7,12H2,1-3H3. The molecule has 1 rings (SSSR count). The molecule has 0 aliphatic rings. The summed E-state index contributed by atoms with van der Waals surface area (Å²) in [6.07, 6.45) is 0. The Kier molecular flexibility index (Phi) is 4.37. The van der Waals surface area contributed by atoms with Gasteiger partial charge in [0, 0.05) is 7.05 Å². The van der Waals surface area contributed by atoms with Gasteiger partial charge in [0.1, 0.15) is 5.69 Å². The Morgan fingerprint density at radius 3 is 2.45 bits per heavy atom. The number of para-hydroxylation sites is 1. The van der Waals surface area contributed by atoms with Crippen LogP contribution in [0.2, 0.25) is 0 Å². The van der Waals surface area contributed by atoms with Gasteiger partial charge >= 0.3 is 5.69 Å². The molecule has 1 aromatic carbocycles. The van der Waals surface area contributed by atoms with Crippen LogP contribution in [-0.4, -0.2) is 41.9 Å². The van der Waals surface area contributed by atoms with Gasteiger partial charge in [0.15, 0.2) is 4.90 Å². The number of sulfonamides is 1. The highest BCUT2D eigenvalue weighted by Crippen LogP contribution is 2.33. The summed E-state index contributed by atoms with van der Waals surface area (Å²) in [5, 5.41) is 20.3. The quantitative estimate of drug-likeness (QED) is 0.465. The molecule has 0 radical (unpaired) electrons. The van der Waals surface area contributed by atoms with Crippen molar-refractivity contribution < 1.29 is 18.4 Å². The summed E-state index contributed by atoms with van der Waals surface area (Å²) in [5.41, 5.74) is 3.50. The summed E-state index contributed by atoms with van der Waals surface area (Å²) in [4.78, 5) is 9.70. The molecule has 0 unspecified atom stereocenters. The van der Waals surface area contributed by atoms with E-state index in [4.69, 9.17) is 5.73 Å². The van der Waals surface area contributed by atoms with E-state index in [-0.39, 0.29) is 5.69 Å². The number of hydrogen-bond donors (Lipinski definition) is 2. The fourth-order valence-corrected chi connectivity index (χ4v) is 3.21. The summed E-state index contributed by atoms with van der Waals surface area (Å²) in [6.45, 7) is 2.57. The van der Waals surface area contributed by atoms with Crippen molar-refractivity contribution in [1.82, 2.24) is 4.31 Å². The number of benzene rings is 1. The number of aliphatic hydroxyl groups excluding tert-OH is 1. The van der Waals surface area contributed by atoms with Crippen molar-refractivity contribution in [3.05, 3.63) is 28.3 Å². The molecule has 1 aromatic rings. The van der Waals surface area contributed by atoms with E-state index in [9.17, 15) is 23.6 Å². The predicted octanol–water partition coefficient (Wildman–Crippen LogP) is 0.568. The van der Waals surface area contributed by atoms with Gasteiger partial charge in [-0.2, -0.15) is 4.31 Å². The van der Waals surface area contributed by atoms with Crippen molar-refractivity contribution in [2.45, 2.75) is 24.3 Å². The van der Waals surface area contributed by atoms with E-state index in [0.717, 1.165) is 10.4 Å². The van der Waals surface area contributed by atoms with E-state index in [1.165, 1.54) is 33.0 Å². The first-order valence-corrected chi connectivity index (χ1v) is 7.12. The summed E-state index contributed by atoms with van der Waals surface area (Å²) < 4.78 is 25.8. The fraction of sp³-hybridized carbons (Fsp3) is 0.455. The van der Waals surface area contributed by atoms with Crippen LogP contribution in [-0.2, 0) is 10.0 Å². The lowest BCUT2D eigenvalue weighted by Gasteiger charge is -2.32. The normalized spacial score (nSPS) is 12.7. The Morgan fingerprint density at radius 2 is 2.00 bits per heavy atom. The number of nitrogen functional groups attached to an aromatic ring is 1. The third-order valence-electron chi connectivity index (χ3n) is 3.09. The molecule has 0 aliphatic heterocycles. The van der Waals surface area contributed by atoms with Gasteiger partial charge in [0.05, 0.1) is 17.1 Å². The minimum atomic E-state index is -4.16. The molecule has 0 atom stereocenters. The van der Waals surface area contributed by atoms with Crippen molar-refractivity contribution in [2.24, 2.45) is 0 Å². The SMILES string of the molecule is CN(C(C)(C)CO)S(=O)(=O)c1cccc(N)c1[N+](=O)[O-]. The van der Waals surface area contributed by atoms with Crippen LogP contribution in [0.25, 0.3) is 0 Å². The number of nitro groups is 1. The first kappa shape index (κ1) is 16.3. The van der Waals surface area contributed by atoms with Crippen LogP contribution in [0.4, 0.5) is 11.4 Å². The second kappa shape index (κ2) is 5.35. The van der Waals surface area contributed by atoms with Crippen molar-refractivity contribution in [3.8, 4) is 0 Å². The minimum absolute atomic E-state index is 0.230. The van der Waals surface area contributed by atoms with Gasteiger partial charge in [-0.25, -0.2) is 8.42 Å². The van der Waals surface area contributed by atoms with E-state index in [1.807, 2.05) is 0 Å². The molecule has 8 nitrogen and oxygen atoms in total. The monoisotopic (exact) mass is 303 g/mol. The molecule has 0 saturated carbocycles. The average Bonchev–Trinajstić information content (AvgIpc) is 2.36. The van der Waals surface area contributed by atoms with Crippen molar-refractivity contribution in [1.29, 1.82) is 0 Å². The molecule has 9 heteroatoms. The van der Waals surface area contributed by atoms with Crippen LogP contribution in [0.1, 0.15) is 13.8 Å². The van der Waals surface area contributed by atoms with Gasteiger partial charge in [0.2, 0.25) is 10.0 Å². The summed E-state index contributed by atoms with van der Waals surface area (Å²) in [6, 6.07) is 3.71. The molecular formula is C11H17N3O5S. The minimum Gasteiger partial charge on any atom is -0.394 e. The third-order valence-corrected chi connectivity index (χ3v) is 5.19. The highest BCUT2D eigenvalue weighted by Gasteiger charge is 2.38. The number of rotatable bonds is 5. The van der Waals surface area contributed by atoms with E-state index in [2.05, 4.69) is 0 Å². The molecule has 0 fully saturated rings. The summed E-state index contributed by atoms with van der Waals surface area (Å²) in [7, 11) is -2.91. The Labute approximate surface area is 117 Å². The third kappa shape index (κ3) is 2.74. The predicted molar refractivity (Wildman–Crippen MR) is 73.6 cm³/mol. The lowest BCUT2D eigenvalue weighted by Crippen LogP contribution is -2.47. The number of anilines is 1. The van der Waals surface area contributed by atoms with Gasteiger partial charge in [-0.15, -0.1) is 0 Å². The van der Waals surface area contributed by atoms with E-state index in [0.29, 0.717) is 0 Å². The lowest BCUT2D eigenvalue weighted by atomic mass is 10.1. The molecule has 0 saturated heterocycles. The maximum Gasteiger partial charge on any atom is 0.312 e. The maximum atomic E-state index is 12.5. The Hall–Kier alpha value is -1.71. The number of likely N-dealkylation sites (N-methyl/N-ethyl adjacent to an activating group) is 1. The van der Waals surface area contributed by atoms with E-state index >= 15 is 0 Å². The molecule has 3 N–H and O–H groups in total. The van der Waals surface area contributed by atoms with Gasteiger partial charge in [-0.3, -0.25) is 10.1 Å². The first-order chi connectivity index (χ1) is 9.05. The van der Waals surface area contributed by atoms with Crippen LogP contribution >= 0.6 is 0 Å². The molecule has 0 aromatic heterocycles. The van der Waals surface area contributed by atoms with E-state index in [1.54, 1.807) is 0 Å². The number of nitrogens with two attached hydrogens (primary N) is 1. The van der Waals surface area contributed by atoms with Gasteiger partial charge in [0.25, 0.3) is 0 Å². The highest BCUT2D eigenvalue weighted by molar-refractivity contribution is 7.89. The highest BCUT2D eigenvalue weighted by atomic mass is 32.2. The second-order valence-corrected chi connectivity index (χ2v) is 6.83. The van der Waals surface area contributed by atoms with Gasteiger partial charge < -0.3 is 10.8 Å². The number of nitrogens with zero attached hydrogens (tertiary/aromatic N) is 2. The zero-order valence-electron chi connectivity index (χ0n) is 11.4. The van der Waals surface area contributed by atoms with Crippen molar-refractivity contribution in [3.63, 3.8) is 0 Å². The smallest absolute Gasteiger partial charge is 0.312 e. The number of nitro benzene ring substituents is 1. The van der Waals surface area contributed by atoms with Gasteiger partial charge in [-0.05, 0) is 26.0 Å². The number of hydrogen-bond acceptors (Lipinski definition) is 6. The molecule has 0 spiro atoms.